The maximum atomic E-state index is 11.3. The first-order chi connectivity index (χ1) is 8.65. The minimum Gasteiger partial charge on any atom is -0.462 e. The number of halogens is 1. The van der Waals surface area contributed by atoms with Crippen LogP contribution in [-0.2, 0) is 16.0 Å². The van der Waals surface area contributed by atoms with Crippen molar-refractivity contribution in [2.24, 2.45) is 0 Å². The van der Waals surface area contributed by atoms with Gasteiger partial charge in [-0.2, -0.15) is 0 Å². The summed E-state index contributed by atoms with van der Waals surface area (Å²) in [5.74, 6) is -0.289. The number of rotatable bonds is 5. The van der Waals surface area contributed by atoms with Crippen LogP contribution in [0.25, 0.3) is 0 Å². The lowest BCUT2D eigenvalue weighted by molar-refractivity contribution is -0.138. The number of carbonyl (C=O) groups is 1. The van der Waals surface area contributed by atoms with Gasteiger partial charge in [0.05, 0.1) is 12.2 Å². The minimum absolute atomic E-state index is 0.289. The highest BCUT2D eigenvalue weighted by Gasteiger charge is 2.02. The monoisotopic (exact) mass is 356 g/mol. The van der Waals surface area contributed by atoms with Crippen LogP contribution in [0.5, 0.6) is 0 Å². The van der Waals surface area contributed by atoms with E-state index in [4.69, 9.17) is 4.74 Å². The Morgan fingerprint density at radius 3 is 2.83 bits per heavy atom. The summed E-state index contributed by atoms with van der Waals surface area (Å²) < 4.78 is 6.15. The van der Waals surface area contributed by atoms with Gasteiger partial charge in [-0.3, -0.25) is 0 Å². The van der Waals surface area contributed by atoms with Crippen LogP contribution in [-0.4, -0.2) is 12.6 Å². The average Bonchev–Trinajstić information content (AvgIpc) is 2.36. The van der Waals surface area contributed by atoms with Crippen molar-refractivity contribution in [2.75, 3.05) is 6.61 Å². The molecule has 1 aromatic rings. The third kappa shape index (κ3) is 5.07. The van der Waals surface area contributed by atoms with Crippen molar-refractivity contribution in [3.8, 4) is 0 Å². The third-order valence-corrected chi connectivity index (χ3v) is 3.47. The van der Waals surface area contributed by atoms with E-state index in [9.17, 15) is 4.79 Å². The Bertz CT molecular complexity index is 471. The van der Waals surface area contributed by atoms with Crippen molar-refractivity contribution >= 4 is 28.6 Å². The molecule has 0 aliphatic heterocycles. The highest BCUT2D eigenvalue weighted by molar-refractivity contribution is 14.1. The summed E-state index contributed by atoms with van der Waals surface area (Å²) in [6, 6.07) is 8.30. The quantitative estimate of drug-likeness (QED) is 0.346. The van der Waals surface area contributed by atoms with Gasteiger partial charge >= 0.3 is 5.97 Å². The van der Waals surface area contributed by atoms with Crippen LogP contribution in [0, 0.1) is 3.57 Å². The van der Waals surface area contributed by atoms with E-state index < -0.39 is 0 Å². The number of carbonyl (C=O) groups excluding carboxylic acids is 1. The lowest BCUT2D eigenvalue weighted by atomic mass is 10.1. The van der Waals surface area contributed by atoms with Crippen molar-refractivity contribution < 1.29 is 9.53 Å². The molecular formula is C15H17IO2. The molecule has 18 heavy (non-hydrogen) atoms. The first-order valence-electron chi connectivity index (χ1n) is 5.97. The van der Waals surface area contributed by atoms with Crippen molar-refractivity contribution in [3.63, 3.8) is 0 Å². The summed E-state index contributed by atoms with van der Waals surface area (Å²) in [7, 11) is 0. The van der Waals surface area contributed by atoms with Gasteiger partial charge in [0.1, 0.15) is 0 Å². The number of benzene rings is 1. The second-order valence-electron chi connectivity index (χ2n) is 3.82. The summed E-state index contributed by atoms with van der Waals surface area (Å²) in [5.41, 5.74) is 4.82. The maximum Gasteiger partial charge on any atom is 0.341 e. The molecule has 3 heteroatoms. The van der Waals surface area contributed by atoms with E-state index >= 15 is 0 Å². The second-order valence-corrected chi connectivity index (χ2v) is 4.99. The van der Waals surface area contributed by atoms with E-state index in [0.29, 0.717) is 12.2 Å². The van der Waals surface area contributed by atoms with Gasteiger partial charge in [0.15, 0.2) is 0 Å². The Balaban J connectivity index is 2.53. The van der Waals surface area contributed by atoms with Gasteiger partial charge in [-0.25, -0.2) is 4.79 Å². The van der Waals surface area contributed by atoms with Crippen LogP contribution in [0.15, 0.2) is 41.6 Å². The number of ether oxygens (including phenoxy) is 1. The molecule has 0 amide bonds. The van der Waals surface area contributed by atoms with E-state index in [1.165, 1.54) is 9.13 Å². The molecule has 0 atom stereocenters. The van der Waals surface area contributed by atoms with E-state index in [0.717, 1.165) is 12.8 Å². The SMILES string of the molecule is CCOC(=O)C(C)=C=CCCc1ccccc1I. The zero-order valence-electron chi connectivity index (χ0n) is 10.7. The maximum absolute atomic E-state index is 11.3. The predicted molar refractivity (Wildman–Crippen MR) is 81.4 cm³/mol. The summed E-state index contributed by atoms with van der Waals surface area (Å²) in [6.45, 7) is 3.92. The van der Waals surface area contributed by atoms with Crippen LogP contribution in [0.2, 0.25) is 0 Å². The molecule has 0 heterocycles. The Labute approximate surface area is 122 Å². The smallest absolute Gasteiger partial charge is 0.341 e. The normalized spacial score (nSPS) is 9.50. The second kappa shape index (κ2) is 8.11. The summed E-state index contributed by atoms with van der Waals surface area (Å²) >= 11 is 2.33. The van der Waals surface area contributed by atoms with Gasteiger partial charge in [-0.15, -0.1) is 5.73 Å². The number of aryl methyl sites for hydroxylation is 1. The topological polar surface area (TPSA) is 26.3 Å². The molecule has 1 rings (SSSR count). The molecule has 0 saturated carbocycles. The van der Waals surface area contributed by atoms with Crippen LogP contribution in [0.1, 0.15) is 25.8 Å². The molecule has 0 unspecified atom stereocenters. The first kappa shape index (κ1) is 15.0. The van der Waals surface area contributed by atoms with Crippen LogP contribution >= 0.6 is 22.6 Å². The predicted octanol–water partition coefficient (Wildman–Crippen LogP) is 3.89. The first-order valence-corrected chi connectivity index (χ1v) is 7.05. The van der Waals surface area contributed by atoms with E-state index in [2.05, 4.69) is 40.5 Å². The largest absolute Gasteiger partial charge is 0.462 e. The molecule has 0 aliphatic rings. The molecule has 96 valence electrons. The molecule has 0 radical (unpaired) electrons. The molecule has 1 aromatic carbocycles. The number of hydrogen-bond donors (Lipinski definition) is 0. The summed E-state index contributed by atoms with van der Waals surface area (Å²) in [4.78, 5) is 11.3. The Hall–Kier alpha value is -1.06. The Morgan fingerprint density at radius 2 is 2.17 bits per heavy atom. The molecule has 0 N–H and O–H groups in total. The summed E-state index contributed by atoms with van der Waals surface area (Å²) in [6.07, 6.45) is 3.73. The molecule has 0 fully saturated rings. The molecule has 0 spiro atoms. The van der Waals surface area contributed by atoms with Crippen molar-refractivity contribution in [2.45, 2.75) is 26.7 Å². The molecule has 0 saturated heterocycles. The van der Waals surface area contributed by atoms with Gasteiger partial charge in [-0.1, -0.05) is 18.2 Å². The molecule has 2 nitrogen and oxygen atoms in total. The number of esters is 1. The van der Waals surface area contributed by atoms with Crippen molar-refractivity contribution in [1.29, 1.82) is 0 Å². The van der Waals surface area contributed by atoms with Crippen LogP contribution in [0.4, 0.5) is 0 Å². The zero-order valence-corrected chi connectivity index (χ0v) is 12.9. The van der Waals surface area contributed by atoms with Crippen molar-refractivity contribution in [3.05, 3.63) is 50.8 Å². The van der Waals surface area contributed by atoms with Gasteiger partial charge < -0.3 is 4.74 Å². The lowest BCUT2D eigenvalue weighted by Crippen LogP contribution is -2.03. The lowest BCUT2D eigenvalue weighted by Gasteiger charge is -2.00. The minimum atomic E-state index is -0.289. The van der Waals surface area contributed by atoms with Gasteiger partial charge in [0.25, 0.3) is 0 Å². The van der Waals surface area contributed by atoms with E-state index in [1.54, 1.807) is 13.8 Å². The third-order valence-electron chi connectivity index (χ3n) is 2.42. The van der Waals surface area contributed by atoms with Gasteiger partial charge in [0, 0.05) is 3.57 Å². The molecule has 0 aliphatic carbocycles. The fraction of sp³-hybridized carbons (Fsp3) is 0.333. The van der Waals surface area contributed by atoms with Crippen LogP contribution in [0.3, 0.4) is 0 Å². The van der Waals surface area contributed by atoms with Crippen molar-refractivity contribution in [1.82, 2.24) is 0 Å². The van der Waals surface area contributed by atoms with E-state index in [-0.39, 0.29) is 5.97 Å². The molecule has 0 bridgehead atoms. The zero-order chi connectivity index (χ0) is 13.4. The highest BCUT2D eigenvalue weighted by Crippen LogP contribution is 2.13. The molecular weight excluding hydrogens is 339 g/mol. The molecule has 0 aromatic heterocycles. The fourth-order valence-electron chi connectivity index (χ4n) is 1.45. The van der Waals surface area contributed by atoms with Gasteiger partial charge in [-0.05, 0) is 67.0 Å². The summed E-state index contributed by atoms with van der Waals surface area (Å²) in [5, 5.41) is 0. The van der Waals surface area contributed by atoms with E-state index in [1.807, 2.05) is 18.2 Å². The van der Waals surface area contributed by atoms with Crippen LogP contribution < -0.4 is 0 Å². The average molecular weight is 356 g/mol. The van der Waals surface area contributed by atoms with Gasteiger partial charge in [0.2, 0.25) is 0 Å². The fourth-order valence-corrected chi connectivity index (χ4v) is 2.11. The Morgan fingerprint density at radius 1 is 1.44 bits per heavy atom. The highest BCUT2D eigenvalue weighted by atomic mass is 127. The Kier molecular flexibility index (Phi) is 6.76. The standard InChI is InChI=1S/C15H17IO2/c1-3-18-15(17)12(2)8-4-5-9-13-10-6-7-11-14(13)16/h4,6-7,10-11H,3,5,9H2,1-2H3. The number of hydrogen-bond acceptors (Lipinski definition) is 2.